The molecule has 0 atom stereocenters. The monoisotopic (exact) mass is 1020 g/mol. The number of hydrogen-bond acceptors (Lipinski definition) is 3. The van der Waals surface area contributed by atoms with Gasteiger partial charge in [-0.3, -0.25) is 4.98 Å². The summed E-state index contributed by atoms with van der Waals surface area (Å²) in [5, 5.41) is 7.08. The van der Waals surface area contributed by atoms with Crippen LogP contribution in [0.15, 0.2) is 291 Å². The summed E-state index contributed by atoms with van der Waals surface area (Å²) in [6.07, 6.45) is 1.94. The average Bonchev–Trinajstić information content (AvgIpc) is 4.20. The molecule has 0 N–H and O–H groups in total. The van der Waals surface area contributed by atoms with Crippen LogP contribution in [-0.2, 0) is 0 Å². The highest BCUT2D eigenvalue weighted by Crippen LogP contribution is 2.49. The Morgan fingerprint density at radius 1 is 0.215 bits per heavy atom. The SMILES string of the molecule is c1ccc(-c2cccc(-c3cc(-c4cccc(-c5ccccc5)c4)c4sc5c(-c6cccc(-c7cccc(-c8cnc9c%10ccccc%10c%10ccccc%10c9n8)c7)c6)cc(-c6cccc(-c7ccccc7)c6)cc5c4c3)c2)cc1. The number of fused-ring (bicyclic) bond motifs is 9. The fourth-order valence-electron chi connectivity index (χ4n) is 11.7. The van der Waals surface area contributed by atoms with E-state index in [4.69, 9.17) is 9.97 Å². The normalized spacial score (nSPS) is 11.5. The molecule has 79 heavy (non-hydrogen) atoms. The second-order valence-electron chi connectivity index (χ2n) is 20.4. The first-order valence-electron chi connectivity index (χ1n) is 26.9. The van der Waals surface area contributed by atoms with E-state index in [1.165, 1.54) is 103 Å². The molecule has 0 saturated carbocycles. The Balaban J connectivity index is 0.926. The summed E-state index contributed by atoms with van der Waals surface area (Å²) in [4.78, 5) is 10.5. The van der Waals surface area contributed by atoms with E-state index in [9.17, 15) is 0 Å². The molecule has 3 heteroatoms. The Morgan fingerprint density at radius 2 is 0.532 bits per heavy atom. The highest BCUT2D eigenvalue weighted by atomic mass is 32.1. The molecule has 0 bridgehead atoms. The Kier molecular flexibility index (Phi) is 11.4. The van der Waals surface area contributed by atoms with Gasteiger partial charge in [0.15, 0.2) is 0 Å². The molecule has 15 aromatic rings. The molecule has 368 valence electrons. The van der Waals surface area contributed by atoms with Gasteiger partial charge in [-0.05, 0) is 143 Å². The first-order chi connectivity index (χ1) is 39.1. The van der Waals surface area contributed by atoms with Crippen LogP contribution in [0.3, 0.4) is 0 Å². The molecule has 13 aromatic carbocycles. The first kappa shape index (κ1) is 46.3. The van der Waals surface area contributed by atoms with Gasteiger partial charge < -0.3 is 0 Å². The van der Waals surface area contributed by atoms with Crippen LogP contribution >= 0.6 is 11.3 Å². The Hall–Kier alpha value is -10.1. The van der Waals surface area contributed by atoms with Crippen LogP contribution in [-0.4, -0.2) is 9.97 Å². The first-order valence-corrected chi connectivity index (χ1v) is 27.7. The van der Waals surface area contributed by atoms with Gasteiger partial charge in [0.05, 0.1) is 22.9 Å². The van der Waals surface area contributed by atoms with Gasteiger partial charge in [0.1, 0.15) is 0 Å². The van der Waals surface area contributed by atoms with E-state index >= 15 is 0 Å². The minimum Gasteiger partial charge on any atom is -0.252 e. The number of benzene rings is 13. The summed E-state index contributed by atoms with van der Waals surface area (Å²) in [6.45, 7) is 0. The predicted octanol–water partition coefficient (Wildman–Crippen LogP) is 21.3. The zero-order chi connectivity index (χ0) is 52.2. The van der Waals surface area contributed by atoms with Crippen molar-refractivity contribution in [2.75, 3.05) is 0 Å². The van der Waals surface area contributed by atoms with Gasteiger partial charge in [-0.25, -0.2) is 4.98 Å². The molecule has 2 nitrogen and oxygen atoms in total. The van der Waals surface area contributed by atoms with Crippen LogP contribution in [0.5, 0.6) is 0 Å². The van der Waals surface area contributed by atoms with Gasteiger partial charge >= 0.3 is 0 Å². The zero-order valence-corrected chi connectivity index (χ0v) is 43.8. The number of hydrogen-bond donors (Lipinski definition) is 0. The van der Waals surface area contributed by atoms with E-state index in [-0.39, 0.29) is 0 Å². The molecule has 2 aromatic heterocycles. The fraction of sp³-hybridized carbons (Fsp3) is 0. The summed E-state index contributed by atoms with van der Waals surface area (Å²) < 4.78 is 2.52. The maximum Gasteiger partial charge on any atom is 0.0979 e. The molecule has 15 rings (SSSR count). The van der Waals surface area contributed by atoms with E-state index in [1.807, 2.05) is 17.5 Å². The number of thiophene rings is 1. The van der Waals surface area contributed by atoms with E-state index in [0.29, 0.717) is 0 Å². The van der Waals surface area contributed by atoms with Crippen LogP contribution in [0, 0.1) is 0 Å². The maximum atomic E-state index is 5.37. The maximum absolute atomic E-state index is 5.37. The van der Waals surface area contributed by atoms with E-state index in [2.05, 4.69) is 285 Å². The summed E-state index contributed by atoms with van der Waals surface area (Å²) in [5.74, 6) is 0. The van der Waals surface area contributed by atoms with Gasteiger partial charge in [-0.15, -0.1) is 11.3 Å². The smallest absolute Gasteiger partial charge is 0.0979 e. The fourth-order valence-corrected chi connectivity index (χ4v) is 13.1. The van der Waals surface area contributed by atoms with Crippen molar-refractivity contribution in [3.63, 3.8) is 0 Å². The number of aromatic nitrogens is 2. The molecule has 0 aliphatic carbocycles. The summed E-state index contributed by atoms with van der Waals surface area (Å²) in [5.41, 5.74) is 22.6. The van der Waals surface area contributed by atoms with Crippen LogP contribution < -0.4 is 0 Å². The van der Waals surface area contributed by atoms with Gasteiger partial charge in [-0.2, -0.15) is 0 Å². The van der Waals surface area contributed by atoms with E-state index in [0.717, 1.165) is 49.8 Å². The highest BCUT2D eigenvalue weighted by molar-refractivity contribution is 7.27. The van der Waals surface area contributed by atoms with Crippen molar-refractivity contribution in [1.29, 1.82) is 0 Å². The second-order valence-corrected chi connectivity index (χ2v) is 21.5. The quantitative estimate of drug-likeness (QED) is 0.135. The molecule has 0 aliphatic rings. The molecular weight excluding hydrogens is 973 g/mol. The van der Waals surface area contributed by atoms with Crippen molar-refractivity contribution in [1.82, 2.24) is 9.97 Å². The van der Waals surface area contributed by atoms with Crippen LogP contribution in [0.2, 0.25) is 0 Å². The topological polar surface area (TPSA) is 25.8 Å². The molecule has 0 fully saturated rings. The molecule has 0 radical (unpaired) electrons. The third-order valence-corrected chi connectivity index (χ3v) is 16.9. The Morgan fingerprint density at radius 3 is 0.975 bits per heavy atom. The average molecular weight is 1020 g/mol. The van der Waals surface area contributed by atoms with E-state index in [1.54, 1.807) is 0 Å². The predicted molar refractivity (Wildman–Crippen MR) is 336 cm³/mol. The summed E-state index contributed by atoms with van der Waals surface area (Å²) in [6, 6.07) is 104. The summed E-state index contributed by atoms with van der Waals surface area (Å²) in [7, 11) is 0. The molecule has 0 amide bonds. The van der Waals surface area contributed by atoms with Crippen LogP contribution in [0.4, 0.5) is 0 Å². The lowest BCUT2D eigenvalue weighted by Gasteiger charge is -2.13. The third kappa shape index (κ3) is 8.45. The minimum atomic E-state index is 0.847. The lowest BCUT2D eigenvalue weighted by Crippen LogP contribution is -1.92. The Bertz CT molecular complexity index is 4790. The largest absolute Gasteiger partial charge is 0.252 e. The van der Waals surface area contributed by atoms with Gasteiger partial charge in [0, 0.05) is 47.6 Å². The number of nitrogens with zero attached hydrogens (tertiary/aromatic N) is 2. The van der Waals surface area contributed by atoms with Crippen molar-refractivity contribution in [3.05, 3.63) is 291 Å². The van der Waals surface area contributed by atoms with Crippen molar-refractivity contribution < 1.29 is 0 Å². The molecule has 0 aliphatic heterocycles. The van der Waals surface area contributed by atoms with E-state index < -0.39 is 0 Å². The Labute approximate surface area is 462 Å². The standard InChI is InChI=1S/C76H48N2S/c1-4-19-49(20-5-1)52-25-14-30-57(39-52)62-44-68(59-32-16-27-54(41-59)51-23-8-3-9-24-51)75-70(46-62)71-47-63(58-31-15-26-53(40-58)50-21-6-2-7-22-50)45-69(76(71)79-75)60-33-17-28-55(42-60)56-29-18-34-61(43-56)72-48-77-73-66-37-12-10-35-64(66)65-36-11-13-38-67(65)74(73)78-72/h1-48H. The summed E-state index contributed by atoms with van der Waals surface area (Å²) >= 11 is 1.90. The molecule has 0 spiro atoms. The van der Waals surface area contributed by atoms with Crippen molar-refractivity contribution >= 4 is 64.1 Å². The minimum absolute atomic E-state index is 0.847. The van der Waals surface area contributed by atoms with Gasteiger partial charge in [-0.1, -0.05) is 231 Å². The van der Waals surface area contributed by atoms with Crippen molar-refractivity contribution in [2.45, 2.75) is 0 Å². The third-order valence-electron chi connectivity index (χ3n) is 15.7. The molecular formula is C76H48N2S. The molecule has 0 saturated heterocycles. The lowest BCUT2D eigenvalue weighted by atomic mass is 9.90. The molecule has 2 heterocycles. The van der Waals surface area contributed by atoms with Gasteiger partial charge in [0.2, 0.25) is 0 Å². The molecule has 0 unspecified atom stereocenters. The van der Waals surface area contributed by atoms with Crippen LogP contribution in [0.25, 0.3) is 153 Å². The van der Waals surface area contributed by atoms with Crippen LogP contribution in [0.1, 0.15) is 0 Å². The van der Waals surface area contributed by atoms with Crippen molar-refractivity contribution in [2.24, 2.45) is 0 Å². The van der Waals surface area contributed by atoms with Gasteiger partial charge in [0.25, 0.3) is 0 Å². The number of rotatable bonds is 9. The highest BCUT2D eigenvalue weighted by Gasteiger charge is 2.20. The lowest BCUT2D eigenvalue weighted by molar-refractivity contribution is 1.31. The second kappa shape index (κ2) is 19.5. The van der Waals surface area contributed by atoms with Crippen molar-refractivity contribution in [3.8, 4) is 100 Å². The zero-order valence-electron chi connectivity index (χ0n) is 43.0.